The van der Waals surface area contributed by atoms with Crippen molar-refractivity contribution in [3.8, 4) is 0 Å². The molecule has 0 aromatic heterocycles. The zero-order chi connectivity index (χ0) is 15.7. The molecule has 3 aliphatic heterocycles. The van der Waals surface area contributed by atoms with E-state index in [1.807, 2.05) is 0 Å². The summed E-state index contributed by atoms with van der Waals surface area (Å²) in [6.07, 6.45) is 16.4. The van der Waals surface area contributed by atoms with Crippen LogP contribution in [0.1, 0.15) is 51.4 Å². The molecule has 4 nitrogen and oxygen atoms in total. The Morgan fingerprint density at radius 3 is 3.17 bits per heavy atom. The van der Waals surface area contributed by atoms with Crippen LogP contribution in [0.25, 0.3) is 0 Å². The fraction of sp³-hybridized carbons (Fsp3) is 0.684. The van der Waals surface area contributed by atoms with Crippen LogP contribution < -0.4 is 0 Å². The minimum atomic E-state index is 0.0962. The van der Waals surface area contributed by atoms with Gasteiger partial charge in [0.25, 0.3) is 0 Å². The Bertz CT molecular complexity index is 551. The number of hydrogen-bond acceptors (Lipinski definition) is 4. The molecule has 1 N–H and O–H groups in total. The van der Waals surface area contributed by atoms with Gasteiger partial charge in [0.05, 0.1) is 30.9 Å². The third kappa shape index (κ3) is 2.62. The summed E-state index contributed by atoms with van der Waals surface area (Å²) >= 11 is 0. The quantitative estimate of drug-likeness (QED) is 0.789. The SMILES string of the molecule is OCCOCCC1CC23CCCCC2=CN2C=CCCC2=C3O1. The molecule has 0 radical (unpaired) electrons. The molecule has 0 bridgehead atoms. The number of aliphatic hydroxyl groups excluding tert-OH is 1. The average Bonchev–Trinajstić information content (AvgIpc) is 2.95. The summed E-state index contributed by atoms with van der Waals surface area (Å²) in [6, 6.07) is 0. The smallest absolute Gasteiger partial charge is 0.126 e. The van der Waals surface area contributed by atoms with E-state index in [-0.39, 0.29) is 18.1 Å². The Labute approximate surface area is 138 Å². The Hall–Kier alpha value is -1.26. The minimum Gasteiger partial charge on any atom is -0.492 e. The number of rotatable bonds is 5. The van der Waals surface area contributed by atoms with Crippen LogP contribution in [0.2, 0.25) is 0 Å². The average molecular weight is 317 g/mol. The summed E-state index contributed by atoms with van der Waals surface area (Å²) < 4.78 is 12.0. The van der Waals surface area contributed by atoms with Crippen molar-refractivity contribution < 1.29 is 14.6 Å². The first-order valence-corrected chi connectivity index (χ1v) is 9.08. The molecular formula is C19H27NO3. The maximum Gasteiger partial charge on any atom is 0.126 e. The third-order valence-corrected chi connectivity index (χ3v) is 5.71. The van der Waals surface area contributed by atoms with Gasteiger partial charge < -0.3 is 19.5 Å². The second-order valence-corrected chi connectivity index (χ2v) is 7.12. The molecule has 1 saturated heterocycles. The molecule has 2 atom stereocenters. The number of hydrogen-bond donors (Lipinski definition) is 1. The van der Waals surface area contributed by atoms with Crippen molar-refractivity contribution in [2.24, 2.45) is 5.41 Å². The summed E-state index contributed by atoms with van der Waals surface area (Å²) in [7, 11) is 0. The van der Waals surface area contributed by atoms with E-state index in [0.29, 0.717) is 13.2 Å². The molecule has 126 valence electrons. The molecule has 1 aliphatic carbocycles. The fourth-order valence-corrected chi connectivity index (χ4v) is 4.66. The Balaban J connectivity index is 1.58. The van der Waals surface area contributed by atoms with Crippen LogP contribution in [0.3, 0.4) is 0 Å². The maximum atomic E-state index is 8.83. The van der Waals surface area contributed by atoms with Crippen LogP contribution in [-0.4, -0.2) is 35.9 Å². The molecule has 4 heteroatoms. The van der Waals surface area contributed by atoms with E-state index >= 15 is 0 Å². The zero-order valence-corrected chi connectivity index (χ0v) is 13.8. The van der Waals surface area contributed by atoms with Gasteiger partial charge in [-0.3, -0.25) is 0 Å². The van der Waals surface area contributed by atoms with E-state index in [1.165, 1.54) is 37.1 Å². The second kappa shape index (κ2) is 6.33. The van der Waals surface area contributed by atoms with E-state index < -0.39 is 0 Å². The van der Waals surface area contributed by atoms with E-state index in [1.54, 1.807) is 5.57 Å². The molecule has 4 aliphatic rings. The van der Waals surface area contributed by atoms with Gasteiger partial charge in [0, 0.05) is 25.2 Å². The Morgan fingerprint density at radius 2 is 2.26 bits per heavy atom. The Morgan fingerprint density at radius 1 is 1.30 bits per heavy atom. The van der Waals surface area contributed by atoms with Crippen molar-refractivity contribution in [1.82, 2.24) is 4.90 Å². The highest BCUT2D eigenvalue weighted by Gasteiger charge is 2.52. The van der Waals surface area contributed by atoms with E-state index in [4.69, 9.17) is 14.6 Å². The first-order valence-electron chi connectivity index (χ1n) is 9.08. The van der Waals surface area contributed by atoms with Gasteiger partial charge in [0.15, 0.2) is 0 Å². The van der Waals surface area contributed by atoms with Crippen molar-refractivity contribution in [3.05, 3.63) is 35.5 Å². The topological polar surface area (TPSA) is 41.9 Å². The predicted octanol–water partition coefficient (Wildman–Crippen LogP) is 3.45. The number of fused-ring (bicyclic) bond motifs is 1. The Kier molecular flexibility index (Phi) is 4.20. The van der Waals surface area contributed by atoms with Gasteiger partial charge in [-0.1, -0.05) is 12.5 Å². The predicted molar refractivity (Wildman–Crippen MR) is 88.2 cm³/mol. The molecule has 0 aromatic rings. The van der Waals surface area contributed by atoms with Crippen LogP contribution in [0.5, 0.6) is 0 Å². The first kappa shape index (κ1) is 15.3. The fourth-order valence-electron chi connectivity index (χ4n) is 4.66. The highest BCUT2D eigenvalue weighted by Crippen LogP contribution is 2.59. The van der Waals surface area contributed by atoms with E-state index in [2.05, 4.69) is 23.4 Å². The third-order valence-electron chi connectivity index (χ3n) is 5.71. The number of aliphatic hydroxyl groups is 1. The lowest BCUT2D eigenvalue weighted by molar-refractivity contribution is 0.0586. The molecule has 0 aromatic carbocycles. The summed E-state index contributed by atoms with van der Waals surface area (Å²) in [5.74, 6) is 1.27. The van der Waals surface area contributed by atoms with Crippen LogP contribution in [0.15, 0.2) is 35.5 Å². The van der Waals surface area contributed by atoms with Crippen LogP contribution >= 0.6 is 0 Å². The zero-order valence-electron chi connectivity index (χ0n) is 13.8. The maximum absolute atomic E-state index is 8.83. The summed E-state index contributed by atoms with van der Waals surface area (Å²) in [5.41, 5.74) is 3.14. The van der Waals surface area contributed by atoms with Crippen molar-refractivity contribution >= 4 is 0 Å². The second-order valence-electron chi connectivity index (χ2n) is 7.12. The van der Waals surface area contributed by atoms with E-state index in [9.17, 15) is 0 Å². The highest BCUT2D eigenvalue weighted by molar-refractivity contribution is 5.40. The molecule has 2 fully saturated rings. The lowest BCUT2D eigenvalue weighted by Gasteiger charge is -2.43. The van der Waals surface area contributed by atoms with Crippen molar-refractivity contribution in [3.63, 3.8) is 0 Å². The summed E-state index contributed by atoms with van der Waals surface area (Å²) in [5, 5.41) is 8.83. The van der Waals surface area contributed by atoms with Crippen molar-refractivity contribution in [2.45, 2.75) is 57.5 Å². The van der Waals surface area contributed by atoms with Crippen molar-refractivity contribution in [1.29, 1.82) is 0 Å². The van der Waals surface area contributed by atoms with E-state index in [0.717, 1.165) is 25.7 Å². The lowest BCUT2D eigenvalue weighted by Crippen LogP contribution is -2.34. The monoisotopic (exact) mass is 317 g/mol. The number of allylic oxidation sites excluding steroid dienone is 3. The van der Waals surface area contributed by atoms with Gasteiger partial charge in [-0.05, 0) is 37.7 Å². The normalized spacial score (nSPS) is 32.1. The van der Waals surface area contributed by atoms with Crippen LogP contribution in [0.4, 0.5) is 0 Å². The molecule has 0 amide bonds. The first-order chi connectivity index (χ1) is 11.3. The summed E-state index contributed by atoms with van der Waals surface area (Å²) in [6.45, 7) is 1.20. The molecule has 2 unspecified atom stereocenters. The number of ether oxygens (including phenoxy) is 2. The molecule has 1 spiro atoms. The van der Waals surface area contributed by atoms with Gasteiger partial charge in [-0.2, -0.15) is 0 Å². The minimum absolute atomic E-state index is 0.0962. The molecular weight excluding hydrogens is 290 g/mol. The van der Waals surface area contributed by atoms with Gasteiger partial charge in [0.2, 0.25) is 0 Å². The van der Waals surface area contributed by atoms with Gasteiger partial charge in [0.1, 0.15) is 11.9 Å². The largest absolute Gasteiger partial charge is 0.492 e. The van der Waals surface area contributed by atoms with Gasteiger partial charge >= 0.3 is 0 Å². The van der Waals surface area contributed by atoms with Crippen LogP contribution in [0, 0.1) is 5.41 Å². The molecule has 4 rings (SSSR count). The number of nitrogens with zero attached hydrogens (tertiary/aromatic N) is 1. The molecule has 23 heavy (non-hydrogen) atoms. The molecule has 1 saturated carbocycles. The van der Waals surface area contributed by atoms with Crippen molar-refractivity contribution in [2.75, 3.05) is 19.8 Å². The lowest BCUT2D eigenvalue weighted by atomic mass is 9.65. The van der Waals surface area contributed by atoms with Gasteiger partial charge in [-0.25, -0.2) is 0 Å². The standard InChI is InChI=1S/C19H27NO3/c21-10-12-22-11-7-16-13-19-8-3-1-5-15(19)14-20-9-4-2-6-17(20)18(19)23-16/h4,9,14,16,21H,1-3,5-8,10-13H2. The highest BCUT2D eigenvalue weighted by atomic mass is 16.5. The van der Waals surface area contributed by atoms with Crippen LogP contribution in [-0.2, 0) is 9.47 Å². The summed E-state index contributed by atoms with van der Waals surface area (Å²) in [4.78, 5) is 2.31. The molecule has 3 heterocycles. The van der Waals surface area contributed by atoms with Gasteiger partial charge in [-0.15, -0.1) is 0 Å².